The molecule has 0 aliphatic heterocycles. The molecule has 4 unspecified atom stereocenters. The Balaban J connectivity index is 1.54. The van der Waals surface area contributed by atoms with Crippen LogP contribution in [0.2, 0.25) is 0 Å². The Kier molecular flexibility index (Phi) is 12.0. The average Bonchev–Trinajstić information content (AvgIpc) is 3.72. The summed E-state index contributed by atoms with van der Waals surface area (Å²) in [7, 11) is 0. The van der Waals surface area contributed by atoms with E-state index in [0.29, 0.717) is 5.69 Å². The maximum atomic E-state index is 13.9. The van der Waals surface area contributed by atoms with Gasteiger partial charge in [0.25, 0.3) is 0 Å². The Labute approximate surface area is 270 Å². The van der Waals surface area contributed by atoms with E-state index in [1.54, 1.807) is 6.20 Å². The number of amides is 3. The van der Waals surface area contributed by atoms with Gasteiger partial charge in [0, 0.05) is 48.4 Å². The molecule has 0 saturated heterocycles. The molecule has 2 heterocycles. The third kappa shape index (κ3) is 10.2. The molecular weight excluding hydrogens is 604 g/mol. The first-order valence-corrected chi connectivity index (χ1v) is 15.1. The fourth-order valence-electron chi connectivity index (χ4n) is 5.10. The number of benzene rings is 2. The molecule has 47 heavy (non-hydrogen) atoms. The van der Waals surface area contributed by atoms with Gasteiger partial charge in [0.1, 0.15) is 18.1 Å². The van der Waals surface area contributed by atoms with Crippen LogP contribution in [0.3, 0.4) is 0 Å². The second-order valence-electron chi connectivity index (χ2n) is 11.1. The molecule has 2 aromatic heterocycles. The largest absolute Gasteiger partial charge is 0.480 e. The highest BCUT2D eigenvalue weighted by molar-refractivity contribution is 5.95. The number of aromatic nitrogens is 3. The Hall–Kier alpha value is -5.70. The van der Waals surface area contributed by atoms with Crippen LogP contribution in [0.1, 0.15) is 29.7 Å². The molecule has 2 aromatic carbocycles. The molecule has 12 N–H and O–H groups in total. The lowest BCUT2D eigenvalue weighted by atomic mass is 10.0. The predicted octanol–water partition coefficient (Wildman–Crippen LogP) is -0.161. The van der Waals surface area contributed by atoms with Crippen LogP contribution in [-0.2, 0) is 38.4 Å². The number of aliphatic imine (C=N–C) groups is 1. The first-order valence-electron chi connectivity index (χ1n) is 15.1. The highest BCUT2D eigenvalue weighted by Gasteiger charge is 2.31. The van der Waals surface area contributed by atoms with Crippen LogP contribution in [0.15, 0.2) is 78.3 Å². The van der Waals surface area contributed by atoms with Gasteiger partial charge in [-0.2, -0.15) is 0 Å². The number of nitrogens with two attached hydrogens (primary N) is 3. The van der Waals surface area contributed by atoms with E-state index >= 15 is 0 Å². The zero-order chi connectivity index (χ0) is 33.8. The molecule has 15 nitrogen and oxygen atoms in total. The van der Waals surface area contributed by atoms with Crippen LogP contribution < -0.4 is 33.2 Å². The second-order valence-corrected chi connectivity index (χ2v) is 11.1. The highest BCUT2D eigenvalue weighted by Crippen LogP contribution is 2.19. The number of nitrogens with zero attached hydrogens (tertiary/aromatic N) is 2. The molecule has 4 rings (SSSR count). The minimum absolute atomic E-state index is 0.0286. The minimum Gasteiger partial charge on any atom is -0.480 e. The van der Waals surface area contributed by atoms with Crippen molar-refractivity contribution >= 4 is 40.6 Å². The smallest absolute Gasteiger partial charge is 0.326 e. The van der Waals surface area contributed by atoms with Crippen molar-refractivity contribution in [3.63, 3.8) is 0 Å². The van der Waals surface area contributed by atoms with Crippen molar-refractivity contribution in [2.75, 3.05) is 6.54 Å². The lowest BCUT2D eigenvalue weighted by Crippen LogP contribution is -2.58. The van der Waals surface area contributed by atoms with E-state index in [0.717, 1.165) is 22.0 Å². The number of carboxylic acids is 1. The molecule has 4 atom stereocenters. The first kappa shape index (κ1) is 34.2. The Morgan fingerprint density at radius 1 is 0.830 bits per heavy atom. The number of hydrogen-bond donors (Lipinski definition) is 9. The van der Waals surface area contributed by atoms with Crippen LogP contribution in [0.25, 0.3) is 10.9 Å². The number of carbonyl (C=O) groups excluding carboxylic acids is 3. The van der Waals surface area contributed by atoms with Crippen molar-refractivity contribution in [1.29, 1.82) is 0 Å². The molecule has 248 valence electrons. The van der Waals surface area contributed by atoms with Crippen LogP contribution in [-0.4, -0.2) is 80.4 Å². The predicted molar refractivity (Wildman–Crippen MR) is 176 cm³/mol. The number of hydrogen-bond acceptors (Lipinski definition) is 7. The van der Waals surface area contributed by atoms with E-state index in [-0.39, 0.29) is 44.6 Å². The molecule has 0 saturated carbocycles. The zero-order valence-corrected chi connectivity index (χ0v) is 25.7. The second kappa shape index (κ2) is 16.6. The monoisotopic (exact) mass is 644 g/mol. The standard InChI is InChI=1S/C32H40N10O5/c33-23(13-19-7-2-1-3-8-19)28(43)41-26(14-20-16-38-24-10-5-4-9-22(20)24)29(44)42-27(15-21-17-36-18-39-21)30(45)40-25(31(46)47)11-6-12-37-32(34)35/h1-5,7-10,16-18,23,25-27,38H,6,11-15,33H2,(H,36,39)(H,40,45)(H,41,43)(H,42,44)(H,46,47)(H4,34,35,37). The van der Waals surface area contributed by atoms with Crippen molar-refractivity contribution in [2.24, 2.45) is 22.2 Å². The molecule has 0 spiro atoms. The number of rotatable bonds is 17. The van der Waals surface area contributed by atoms with Crippen molar-refractivity contribution in [2.45, 2.75) is 56.3 Å². The van der Waals surface area contributed by atoms with Gasteiger partial charge in [-0.15, -0.1) is 0 Å². The zero-order valence-electron chi connectivity index (χ0n) is 25.7. The average molecular weight is 645 g/mol. The number of imidazole rings is 1. The van der Waals surface area contributed by atoms with E-state index in [4.69, 9.17) is 17.2 Å². The summed E-state index contributed by atoms with van der Waals surface area (Å²) in [5.74, 6) is -3.32. The number of carboxylic acid groups (broad SMARTS) is 1. The first-order chi connectivity index (χ1) is 22.6. The number of aliphatic carboxylic acids is 1. The molecule has 0 fully saturated rings. The van der Waals surface area contributed by atoms with Crippen molar-refractivity contribution in [1.82, 2.24) is 30.9 Å². The van der Waals surface area contributed by atoms with Gasteiger partial charge in [-0.25, -0.2) is 9.78 Å². The lowest BCUT2D eigenvalue weighted by Gasteiger charge is -2.25. The van der Waals surface area contributed by atoms with Crippen molar-refractivity contribution in [3.8, 4) is 0 Å². The summed E-state index contributed by atoms with van der Waals surface area (Å²) in [5.41, 5.74) is 19.9. The van der Waals surface area contributed by atoms with Gasteiger partial charge in [0.15, 0.2) is 5.96 Å². The van der Waals surface area contributed by atoms with Gasteiger partial charge >= 0.3 is 5.97 Å². The molecule has 3 amide bonds. The minimum atomic E-state index is -1.27. The number of carbonyl (C=O) groups is 4. The van der Waals surface area contributed by atoms with Gasteiger partial charge in [0.05, 0.1) is 12.4 Å². The van der Waals surface area contributed by atoms with Gasteiger partial charge in [0.2, 0.25) is 17.7 Å². The summed E-state index contributed by atoms with van der Waals surface area (Å²) in [6, 6.07) is 12.2. The molecule has 4 aromatic rings. The quantitative estimate of drug-likeness (QED) is 0.0419. The normalized spacial score (nSPS) is 13.6. The molecule has 0 aliphatic carbocycles. The van der Waals surface area contributed by atoms with E-state index < -0.39 is 47.9 Å². The van der Waals surface area contributed by atoms with E-state index in [1.807, 2.05) is 54.6 Å². The van der Waals surface area contributed by atoms with Crippen LogP contribution in [0.4, 0.5) is 0 Å². The Bertz CT molecular complexity index is 1670. The fraction of sp³-hybridized carbons (Fsp3) is 0.312. The number of para-hydroxylation sites is 1. The summed E-state index contributed by atoms with van der Waals surface area (Å²) in [6.45, 7) is 0.178. The SMILES string of the molecule is NC(N)=NCCCC(NC(=O)C(Cc1cnc[nH]1)NC(=O)C(Cc1c[nH]c2ccccc12)NC(=O)C(N)Cc1ccccc1)C(=O)O. The summed E-state index contributed by atoms with van der Waals surface area (Å²) in [5, 5.41) is 18.6. The Morgan fingerprint density at radius 2 is 1.49 bits per heavy atom. The Morgan fingerprint density at radius 3 is 2.17 bits per heavy atom. The fourth-order valence-corrected chi connectivity index (χ4v) is 5.10. The van der Waals surface area contributed by atoms with Gasteiger partial charge in [-0.1, -0.05) is 48.5 Å². The van der Waals surface area contributed by atoms with E-state index in [2.05, 4.69) is 35.9 Å². The van der Waals surface area contributed by atoms with Crippen LogP contribution in [0, 0.1) is 0 Å². The number of nitrogens with one attached hydrogen (secondary N) is 5. The lowest BCUT2D eigenvalue weighted by molar-refractivity contribution is -0.142. The van der Waals surface area contributed by atoms with Crippen LogP contribution >= 0.6 is 0 Å². The summed E-state index contributed by atoms with van der Waals surface area (Å²) in [6.07, 6.45) is 5.30. The highest BCUT2D eigenvalue weighted by atomic mass is 16.4. The number of aromatic amines is 2. The summed E-state index contributed by atoms with van der Waals surface area (Å²) in [4.78, 5) is 66.6. The maximum absolute atomic E-state index is 13.9. The van der Waals surface area contributed by atoms with Gasteiger partial charge in [-0.05, 0) is 36.5 Å². The molecule has 0 radical (unpaired) electrons. The van der Waals surface area contributed by atoms with E-state index in [9.17, 15) is 24.3 Å². The third-order valence-electron chi connectivity index (χ3n) is 7.54. The van der Waals surface area contributed by atoms with E-state index in [1.165, 1.54) is 12.5 Å². The van der Waals surface area contributed by atoms with Crippen molar-refractivity contribution in [3.05, 3.63) is 90.1 Å². The number of guanidine groups is 1. The van der Waals surface area contributed by atoms with Crippen molar-refractivity contribution < 1.29 is 24.3 Å². The summed E-state index contributed by atoms with van der Waals surface area (Å²) >= 11 is 0. The topological polar surface area (TPSA) is 259 Å². The number of H-pyrrole nitrogens is 2. The molecule has 15 heteroatoms. The summed E-state index contributed by atoms with van der Waals surface area (Å²) < 4.78 is 0. The molecular formula is C32H40N10O5. The number of fused-ring (bicyclic) bond motifs is 1. The maximum Gasteiger partial charge on any atom is 0.326 e. The molecule has 0 aliphatic rings. The van der Waals surface area contributed by atoms with Gasteiger partial charge < -0.3 is 48.2 Å². The van der Waals surface area contributed by atoms with Gasteiger partial charge in [-0.3, -0.25) is 19.4 Å². The van der Waals surface area contributed by atoms with Crippen LogP contribution in [0.5, 0.6) is 0 Å². The molecule has 0 bridgehead atoms. The third-order valence-corrected chi connectivity index (χ3v) is 7.54.